The number of nitrogens with two attached hydrogens (primary N) is 1. The van der Waals surface area contributed by atoms with Crippen molar-refractivity contribution in [3.8, 4) is 0 Å². The van der Waals surface area contributed by atoms with Crippen molar-refractivity contribution in [3.63, 3.8) is 0 Å². The topological polar surface area (TPSA) is 64.1 Å². The molecule has 2 rings (SSSR count). The lowest BCUT2D eigenvalue weighted by molar-refractivity contribution is -0.132. The standard InChI is InChI=1S/C15H26N4O/c1-12(2)13(8-16)14-9-17-11-19(14)10-15(20)18-6-4-3-5-7-18/h9,11-13H,3-8,10,16H2,1-2H3. The Balaban J connectivity index is 2.06. The monoisotopic (exact) mass is 278 g/mol. The van der Waals surface area contributed by atoms with Crippen LogP contribution in [0.4, 0.5) is 0 Å². The van der Waals surface area contributed by atoms with Crippen molar-refractivity contribution in [2.75, 3.05) is 19.6 Å². The van der Waals surface area contributed by atoms with Crippen molar-refractivity contribution in [2.45, 2.75) is 45.6 Å². The molecule has 20 heavy (non-hydrogen) atoms. The van der Waals surface area contributed by atoms with Gasteiger partial charge in [0, 0.05) is 37.4 Å². The molecule has 0 saturated carbocycles. The third kappa shape index (κ3) is 3.39. The maximum absolute atomic E-state index is 12.3. The van der Waals surface area contributed by atoms with Gasteiger partial charge in [-0.1, -0.05) is 13.8 Å². The molecule has 1 unspecified atom stereocenters. The number of hydrogen-bond acceptors (Lipinski definition) is 3. The summed E-state index contributed by atoms with van der Waals surface area (Å²) in [7, 11) is 0. The smallest absolute Gasteiger partial charge is 0.242 e. The third-order valence-electron chi connectivity index (χ3n) is 4.20. The Morgan fingerprint density at radius 1 is 1.35 bits per heavy atom. The lowest BCUT2D eigenvalue weighted by Gasteiger charge is -2.28. The summed E-state index contributed by atoms with van der Waals surface area (Å²) in [6, 6.07) is 0. The first-order valence-electron chi connectivity index (χ1n) is 7.61. The van der Waals surface area contributed by atoms with Crippen LogP contribution in [0.15, 0.2) is 12.5 Å². The van der Waals surface area contributed by atoms with E-state index in [-0.39, 0.29) is 11.8 Å². The van der Waals surface area contributed by atoms with E-state index < -0.39 is 0 Å². The summed E-state index contributed by atoms with van der Waals surface area (Å²) in [5.74, 6) is 0.899. The summed E-state index contributed by atoms with van der Waals surface area (Å²) in [6.07, 6.45) is 7.09. The highest BCUT2D eigenvalue weighted by atomic mass is 16.2. The highest BCUT2D eigenvalue weighted by Gasteiger charge is 2.21. The van der Waals surface area contributed by atoms with Gasteiger partial charge >= 0.3 is 0 Å². The molecule has 1 aliphatic rings. The second kappa shape index (κ2) is 6.88. The molecular formula is C15H26N4O. The molecule has 112 valence electrons. The Bertz CT molecular complexity index is 435. The third-order valence-corrected chi connectivity index (χ3v) is 4.20. The number of amides is 1. The fourth-order valence-corrected chi connectivity index (χ4v) is 2.90. The highest BCUT2D eigenvalue weighted by molar-refractivity contribution is 5.76. The molecule has 5 nitrogen and oxygen atoms in total. The van der Waals surface area contributed by atoms with Gasteiger partial charge in [-0.15, -0.1) is 0 Å². The van der Waals surface area contributed by atoms with E-state index in [4.69, 9.17) is 5.73 Å². The van der Waals surface area contributed by atoms with Crippen molar-refractivity contribution in [3.05, 3.63) is 18.2 Å². The van der Waals surface area contributed by atoms with Crippen LogP contribution in [-0.2, 0) is 11.3 Å². The normalized spacial score (nSPS) is 17.5. The molecule has 5 heteroatoms. The largest absolute Gasteiger partial charge is 0.341 e. The van der Waals surface area contributed by atoms with Gasteiger partial charge in [-0.25, -0.2) is 4.98 Å². The van der Waals surface area contributed by atoms with Crippen LogP contribution < -0.4 is 5.73 Å². The zero-order valence-corrected chi connectivity index (χ0v) is 12.6. The SMILES string of the molecule is CC(C)C(CN)c1cncn1CC(=O)N1CCCCC1. The fraction of sp³-hybridized carbons (Fsp3) is 0.733. The van der Waals surface area contributed by atoms with Crippen molar-refractivity contribution in [1.29, 1.82) is 0 Å². The number of rotatable bonds is 5. The van der Waals surface area contributed by atoms with Gasteiger partial charge in [0.2, 0.25) is 5.91 Å². The summed E-state index contributed by atoms with van der Waals surface area (Å²) in [5.41, 5.74) is 6.95. The number of nitrogens with zero attached hydrogens (tertiary/aromatic N) is 3. The maximum atomic E-state index is 12.3. The van der Waals surface area contributed by atoms with Crippen LogP contribution in [-0.4, -0.2) is 40.0 Å². The summed E-state index contributed by atoms with van der Waals surface area (Å²) < 4.78 is 1.97. The van der Waals surface area contributed by atoms with E-state index in [2.05, 4.69) is 18.8 Å². The molecule has 1 aliphatic heterocycles. The Kier molecular flexibility index (Phi) is 5.17. The molecule has 1 amide bonds. The van der Waals surface area contributed by atoms with Crippen LogP contribution in [0.2, 0.25) is 0 Å². The van der Waals surface area contributed by atoms with Crippen LogP contribution >= 0.6 is 0 Å². The summed E-state index contributed by atoms with van der Waals surface area (Å²) >= 11 is 0. The number of likely N-dealkylation sites (tertiary alicyclic amines) is 1. The van der Waals surface area contributed by atoms with Crippen LogP contribution in [0, 0.1) is 5.92 Å². The second-order valence-corrected chi connectivity index (χ2v) is 5.97. The fourth-order valence-electron chi connectivity index (χ4n) is 2.90. The number of carbonyl (C=O) groups is 1. The number of hydrogen-bond donors (Lipinski definition) is 1. The van der Waals surface area contributed by atoms with Crippen molar-refractivity contribution < 1.29 is 4.79 Å². The number of aromatic nitrogens is 2. The van der Waals surface area contributed by atoms with E-state index in [0.717, 1.165) is 31.6 Å². The van der Waals surface area contributed by atoms with Gasteiger partial charge in [0.25, 0.3) is 0 Å². The minimum Gasteiger partial charge on any atom is -0.341 e. The Morgan fingerprint density at radius 2 is 2.05 bits per heavy atom. The van der Waals surface area contributed by atoms with Crippen LogP contribution in [0.5, 0.6) is 0 Å². The first-order chi connectivity index (χ1) is 9.63. The predicted molar refractivity (Wildman–Crippen MR) is 79.3 cm³/mol. The van der Waals surface area contributed by atoms with Gasteiger partial charge in [0.15, 0.2) is 0 Å². The number of piperidine rings is 1. The Hall–Kier alpha value is -1.36. The number of imidazole rings is 1. The molecule has 1 atom stereocenters. The molecule has 2 heterocycles. The van der Waals surface area contributed by atoms with Crippen LogP contribution in [0.3, 0.4) is 0 Å². The molecule has 0 bridgehead atoms. The lowest BCUT2D eigenvalue weighted by atomic mass is 9.93. The van der Waals surface area contributed by atoms with E-state index in [1.807, 2.05) is 15.7 Å². The van der Waals surface area contributed by atoms with E-state index in [1.165, 1.54) is 6.42 Å². The van der Waals surface area contributed by atoms with Crippen molar-refractivity contribution >= 4 is 5.91 Å². The zero-order valence-electron chi connectivity index (χ0n) is 12.6. The summed E-state index contributed by atoms with van der Waals surface area (Å²) in [4.78, 5) is 18.5. The predicted octanol–water partition coefficient (Wildman–Crippen LogP) is 1.59. The molecule has 0 spiro atoms. The Labute approximate surface area is 121 Å². The van der Waals surface area contributed by atoms with Crippen molar-refractivity contribution in [1.82, 2.24) is 14.5 Å². The van der Waals surface area contributed by atoms with E-state index in [0.29, 0.717) is 19.0 Å². The lowest BCUT2D eigenvalue weighted by Crippen LogP contribution is -2.38. The molecular weight excluding hydrogens is 252 g/mol. The van der Waals surface area contributed by atoms with Gasteiger partial charge in [0.05, 0.1) is 6.33 Å². The first kappa shape index (κ1) is 15.0. The Morgan fingerprint density at radius 3 is 2.65 bits per heavy atom. The van der Waals surface area contributed by atoms with Gasteiger partial charge in [0.1, 0.15) is 6.54 Å². The van der Waals surface area contributed by atoms with Crippen molar-refractivity contribution in [2.24, 2.45) is 11.7 Å². The molecule has 1 saturated heterocycles. The van der Waals surface area contributed by atoms with Crippen LogP contribution in [0.25, 0.3) is 0 Å². The molecule has 1 aromatic heterocycles. The maximum Gasteiger partial charge on any atom is 0.242 e. The molecule has 2 N–H and O–H groups in total. The quantitative estimate of drug-likeness (QED) is 0.889. The average molecular weight is 278 g/mol. The first-order valence-corrected chi connectivity index (χ1v) is 7.61. The zero-order chi connectivity index (χ0) is 14.5. The molecule has 1 fully saturated rings. The second-order valence-electron chi connectivity index (χ2n) is 5.97. The van der Waals surface area contributed by atoms with E-state index in [9.17, 15) is 4.79 Å². The minimum absolute atomic E-state index is 0.198. The van der Waals surface area contributed by atoms with E-state index in [1.54, 1.807) is 6.33 Å². The molecule has 0 radical (unpaired) electrons. The van der Waals surface area contributed by atoms with Gasteiger partial charge in [-0.05, 0) is 25.2 Å². The average Bonchev–Trinajstić information content (AvgIpc) is 2.88. The molecule has 1 aromatic rings. The molecule has 0 aromatic carbocycles. The summed E-state index contributed by atoms with van der Waals surface area (Å²) in [6.45, 7) is 7.07. The van der Waals surface area contributed by atoms with E-state index >= 15 is 0 Å². The van der Waals surface area contributed by atoms with Gasteiger partial charge in [-0.3, -0.25) is 4.79 Å². The van der Waals surface area contributed by atoms with Gasteiger partial charge in [-0.2, -0.15) is 0 Å². The molecule has 0 aliphatic carbocycles. The number of carbonyl (C=O) groups excluding carboxylic acids is 1. The van der Waals surface area contributed by atoms with Crippen LogP contribution in [0.1, 0.15) is 44.7 Å². The minimum atomic E-state index is 0.198. The van der Waals surface area contributed by atoms with Gasteiger partial charge < -0.3 is 15.2 Å². The summed E-state index contributed by atoms with van der Waals surface area (Å²) in [5, 5.41) is 0. The highest BCUT2D eigenvalue weighted by Crippen LogP contribution is 2.23.